The van der Waals surface area contributed by atoms with Gasteiger partial charge in [-0.1, -0.05) is 13.8 Å². The maximum absolute atomic E-state index is 12.6. The van der Waals surface area contributed by atoms with Crippen LogP contribution in [0.2, 0.25) is 0 Å². The van der Waals surface area contributed by atoms with Gasteiger partial charge in [-0.15, -0.1) is 0 Å². The van der Waals surface area contributed by atoms with Crippen LogP contribution in [0.4, 0.5) is 0 Å². The lowest BCUT2D eigenvalue weighted by Gasteiger charge is -2.22. The topological polar surface area (TPSA) is 92.8 Å². The van der Waals surface area contributed by atoms with Crippen LogP contribution in [-0.4, -0.2) is 54.1 Å². The number of methoxy groups -OCH3 is 1. The van der Waals surface area contributed by atoms with Crippen LogP contribution in [0.3, 0.4) is 0 Å². The highest BCUT2D eigenvalue weighted by atomic mass is 32.2. The minimum Gasteiger partial charge on any atom is -0.495 e. The lowest BCUT2D eigenvalue weighted by atomic mass is 10.1. The molecule has 0 saturated heterocycles. The summed E-state index contributed by atoms with van der Waals surface area (Å²) < 4.78 is 57.7. The SMILES string of the molecule is COc1cc(C)c(C)cc1S(=O)(=O)NCCN(CC(C)C)S(C)(=O)=O. The van der Waals surface area contributed by atoms with Crippen LogP contribution in [0.25, 0.3) is 0 Å². The molecular formula is C16H28N2O5S2. The highest BCUT2D eigenvalue weighted by Gasteiger charge is 2.22. The van der Waals surface area contributed by atoms with Crippen LogP contribution in [0, 0.1) is 19.8 Å². The van der Waals surface area contributed by atoms with E-state index >= 15 is 0 Å². The normalized spacial score (nSPS) is 12.8. The monoisotopic (exact) mass is 392 g/mol. The maximum atomic E-state index is 12.6. The van der Waals surface area contributed by atoms with Gasteiger partial charge >= 0.3 is 0 Å². The molecule has 0 aliphatic carbocycles. The van der Waals surface area contributed by atoms with Gasteiger partial charge in [0.15, 0.2) is 0 Å². The molecule has 0 bridgehead atoms. The summed E-state index contributed by atoms with van der Waals surface area (Å²) in [6.45, 7) is 7.90. The van der Waals surface area contributed by atoms with Crippen molar-refractivity contribution in [3.05, 3.63) is 23.3 Å². The molecule has 144 valence electrons. The largest absolute Gasteiger partial charge is 0.495 e. The molecule has 1 rings (SSSR count). The summed E-state index contributed by atoms with van der Waals surface area (Å²) in [4.78, 5) is 0.0489. The summed E-state index contributed by atoms with van der Waals surface area (Å²) in [7, 11) is -5.79. The molecule has 25 heavy (non-hydrogen) atoms. The molecule has 9 heteroatoms. The molecule has 0 fully saturated rings. The highest BCUT2D eigenvalue weighted by molar-refractivity contribution is 7.89. The zero-order valence-corrected chi connectivity index (χ0v) is 17.3. The second-order valence-corrected chi connectivity index (χ2v) is 10.2. The number of ether oxygens (including phenoxy) is 1. The van der Waals surface area contributed by atoms with Gasteiger partial charge in [0.2, 0.25) is 20.0 Å². The van der Waals surface area contributed by atoms with E-state index in [0.29, 0.717) is 6.54 Å². The van der Waals surface area contributed by atoms with Gasteiger partial charge < -0.3 is 4.74 Å². The van der Waals surface area contributed by atoms with E-state index in [0.717, 1.165) is 17.4 Å². The molecule has 1 N–H and O–H groups in total. The number of rotatable bonds is 9. The Morgan fingerprint density at radius 2 is 1.68 bits per heavy atom. The number of nitrogens with one attached hydrogen (secondary N) is 1. The summed E-state index contributed by atoms with van der Waals surface area (Å²) in [6.07, 6.45) is 1.12. The predicted octanol–water partition coefficient (Wildman–Crippen LogP) is 1.51. The molecule has 0 aliphatic rings. The fraction of sp³-hybridized carbons (Fsp3) is 0.625. The fourth-order valence-corrected chi connectivity index (χ4v) is 4.56. The third kappa shape index (κ3) is 6.25. The van der Waals surface area contributed by atoms with E-state index in [-0.39, 0.29) is 29.7 Å². The van der Waals surface area contributed by atoms with Gasteiger partial charge in [-0.05, 0) is 43.0 Å². The smallest absolute Gasteiger partial charge is 0.244 e. The Morgan fingerprint density at radius 1 is 1.12 bits per heavy atom. The van der Waals surface area contributed by atoms with Gasteiger partial charge in [0, 0.05) is 19.6 Å². The van der Waals surface area contributed by atoms with Crippen molar-refractivity contribution in [1.82, 2.24) is 9.03 Å². The average Bonchev–Trinajstić information content (AvgIpc) is 2.47. The maximum Gasteiger partial charge on any atom is 0.244 e. The van der Waals surface area contributed by atoms with Crippen LogP contribution in [-0.2, 0) is 20.0 Å². The predicted molar refractivity (Wildman–Crippen MR) is 98.9 cm³/mol. The van der Waals surface area contributed by atoms with Crippen LogP contribution in [0.5, 0.6) is 5.75 Å². The van der Waals surface area contributed by atoms with Crippen molar-refractivity contribution in [2.75, 3.05) is 33.0 Å². The molecule has 1 aromatic carbocycles. The van der Waals surface area contributed by atoms with Crippen molar-refractivity contribution >= 4 is 20.0 Å². The summed E-state index contributed by atoms with van der Waals surface area (Å²) in [5.74, 6) is 0.406. The van der Waals surface area contributed by atoms with E-state index in [4.69, 9.17) is 4.74 Å². The van der Waals surface area contributed by atoms with Crippen LogP contribution in [0.15, 0.2) is 17.0 Å². The first-order chi connectivity index (χ1) is 11.4. The Kier molecular flexibility index (Phi) is 7.42. The Bertz CT molecular complexity index is 802. The minimum absolute atomic E-state index is 0.0157. The highest BCUT2D eigenvalue weighted by Crippen LogP contribution is 2.27. The molecule has 0 atom stereocenters. The third-order valence-electron chi connectivity index (χ3n) is 3.76. The second kappa shape index (κ2) is 8.48. The van der Waals surface area contributed by atoms with Crippen molar-refractivity contribution in [2.45, 2.75) is 32.6 Å². The minimum atomic E-state index is -3.81. The van der Waals surface area contributed by atoms with Crippen molar-refractivity contribution in [1.29, 1.82) is 0 Å². The number of hydrogen-bond donors (Lipinski definition) is 1. The summed E-state index contributed by atoms with van der Waals surface area (Å²) in [5.41, 5.74) is 1.76. The van der Waals surface area contributed by atoms with Gasteiger partial charge in [-0.2, -0.15) is 0 Å². The van der Waals surface area contributed by atoms with Crippen molar-refractivity contribution in [2.24, 2.45) is 5.92 Å². The third-order valence-corrected chi connectivity index (χ3v) is 6.51. The lowest BCUT2D eigenvalue weighted by Crippen LogP contribution is -2.39. The van der Waals surface area contributed by atoms with E-state index in [9.17, 15) is 16.8 Å². The number of aryl methyl sites for hydroxylation is 2. The van der Waals surface area contributed by atoms with Crippen molar-refractivity contribution in [3.63, 3.8) is 0 Å². The van der Waals surface area contributed by atoms with Gasteiger partial charge in [0.1, 0.15) is 10.6 Å². The number of sulfonamides is 2. The Balaban J connectivity index is 2.94. The zero-order valence-electron chi connectivity index (χ0n) is 15.7. The molecule has 0 radical (unpaired) electrons. The number of benzene rings is 1. The molecule has 7 nitrogen and oxygen atoms in total. The van der Waals surface area contributed by atoms with Crippen LogP contribution in [0.1, 0.15) is 25.0 Å². The molecular weight excluding hydrogens is 364 g/mol. The molecule has 0 aliphatic heterocycles. The quantitative estimate of drug-likeness (QED) is 0.688. The van der Waals surface area contributed by atoms with Crippen LogP contribution >= 0.6 is 0 Å². The standard InChI is InChI=1S/C16H28N2O5S2/c1-12(2)11-18(24(6,19)20)8-7-17-25(21,22)16-10-14(4)13(3)9-15(16)23-5/h9-10,12,17H,7-8,11H2,1-6H3. The van der Waals surface area contributed by atoms with Gasteiger partial charge in [-0.25, -0.2) is 25.9 Å². The number of hydrogen-bond acceptors (Lipinski definition) is 5. The second-order valence-electron chi connectivity index (χ2n) is 6.50. The zero-order chi connectivity index (χ0) is 19.4. The molecule has 1 aromatic rings. The first kappa shape index (κ1) is 21.9. The van der Waals surface area contributed by atoms with Crippen LogP contribution < -0.4 is 9.46 Å². The molecule has 0 aromatic heterocycles. The molecule has 0 unspecified atom stereocenters. The Labute approximate surface area is 151 Å². The van der Waals surface area contributed by atoms with E-state index in [1.165, 1.54) is 11.4 Å². The summed E-state index contributed by atoms with van der Waals surface area (Å²) in [6, 6.07) is 3.23. The molecule has 0 heterocycles. The Morgan fingerprint density at radius 3 is 2.16 bits per heavy atom. The summed E-state index contributed by atoms with van der Waals surface area (Å²) >= 11 is 0. The average molecular weight is 393 g/mol. The first-order valence-electron chi connectivity index (χ1n) is 7.98. The molecule has 0 amide bonds. The molecule has 0 saturated carbocycles. The van der Waals surface area contributed by atoms with E-state index < -0.39 is 20.0 Å². The van der Waals surface area contributed by atoms with E-state index in [1.807, 2.05) is 27.7 Å². The first-order valence-corrected chi connectivity index (χ1v) is 11.3. The lowest BCUT2D eigenvalue weighted by molar-refractivity contribution is 0.372. The van der Waals surface area contributed by atoms with Crippen molar-refractivity contribution < 1.29 is 21.6 Å². The van der Waals surface area contributed by atoms with E-state index in [1.54, 1.807) is 12.1 Å². The van der Waals surface area contributed by atoms with Gasteiger partial charge in [0.25, 0.3) is 0 Å². The van der Waals surface area contributed by atoms with Gasteiger partial charge in [0.05, 0.1) is 13.4 Å². The summed E-state index contributed by atoms with van der Waals surface area (Å²) in [5, 5.41) is 0. The number of nitrogens with zero attached hydrogens (tertiary/aromatic N) is 1. The van der Waals surface area contributed by atoms with Gasteiger partial charge in [-0.3, -0.25) is 0 Å². The molecule has 0 spiro atoms. The fourth-order valence-electron chi connectivity index (χ4n) is 2.31. The van der Waals surface area contributed by atoms with Crippen molar-refractivity contribution in [3.8, 4) is 5.75 Å². The Hall–Kier alpha value is -1.16. The van der Waals surface area contributed by atoms with E-state index in [2.05, 4.69) is 4.72 Å².